The van der Waals surface area contributed by atoms with Crippen LogP contribution < -0.4 is 5.73 Å². The van der Waals surface area contributed by atoms with Gasteiger partial charge in [-0.25, -0.2) is 0 Å². The highest BCUT2D eigenvalue weighted by Gasteiger charge is 2.37. The number of likely N-dealkylation sites (tertiary alicyclic amines) is 1. The molecule has 1 amide bonds. The number of carbonyl (C=O) groups excluding carboxylic acids is 1. The molecular weight excluding hydrogens is 336 g/mol. The Morgan fingerprint density at radius 3 is 2.64 bits per heavy atom. The topological polar surface area (TPSA) is 66.6 Å². The number of nitrogens with two attached hydrogens (primary N) is 1. The molecule has 0 spiro atoms. The second kappa shape index (κ2) is 7.16. The number of halogens is 1. The number of primary amides is 1. The minimum atomic E-state index is -0.837. The van der Waals surface area contributed by atoms with Crippen molar-refractivity contribution in [3.8, 4) is 0 Å². The van der Waals surface area contributed by atoms with E-state index in [1.165, 1.54) is 0 Å². The summed E-state index contributed by atoms with van der Waals surface area (Å²) in [4.78, 5) is 13.5. The van der Waals surface area contributed by atoms with Crippen molar-refractivity contribution in [2.75, 3.05) is 6.54 Å². The van der Waals surface area contributed by atoms with Gasteiger partial charge in [0.1, 0.15) is 0 Å². The summed E-state index contributed by atoms with van der Waals surface area (Å²) in [6.07, 6.45) is 1.32. The van der Waals surface area contributed by atoms with Crippen LogP contribution in [0, 0.1) is 0 Å². The summed E-state index contributed by atoms with van der Waals surface area (Å²) in [6.45, 7) is 3.71. The van der Waals surface area contributed by atoms with Gasteiger partial charge in [0.15, 0.2) is 0 Å². The third-order valence-electron chi connectivity index (χ3n) is 5.06. The molecule has 1 aliphatic rings. The number of carbonyl (C=O) groups is 1. The van der Waals surface area contributed by atoms with Crippen LogP contribution in [0.5, 0.6) is 0 Å². The number of hydrogen-bond acceptors (Lipinski definition) is 3. The molecule has 2 atom stereocenters. The van der Waals surface area contributed by atoms with Gasteiger partial charge in [-0.3, -0.25) is 9.69 Å². The van der Waals surface area contributed by atoms with Crippen molar-refractivity contribution in [2.45, 2.75) is 38.0 Å². The van der Waals surface area contributed by atoms with Gasteiger partial charge in [-0.15, -0.1) is 0 Å². The molecule has 3 rings (SSSR count). The van der Waals surface area contributed by atoms with Gasteiger partial charge in [-0.1, -0.05) is 35.9 Å². The molecular formula is C20H23ClN2O2. The van der Waals surface area contributed by atoms with Crippen LogP contribution in [0.3, 0.4) is 0 Å². The molecule has 1 fully saturated rings. The second-order valence-corrected chi connectivity index (χ2v) is 7.31. The monoisotopic (exact) mass is 358 g/mol. The van der Waals surface area contributed by atoms with Crippen LogP contribution in [0.25, 0.3) is 0 Å². The minimum absolute atomic E-state index is 0.230. The molecule has 0 bridgehead atoms. The molecule has 0 aromatic heterocycles. The summed E-state index contributed by atoms with van der Waals surface area (Å²) in [5.41, 5.74) is 6.98. The Labute approximate surface area is 153 Å². The molecule has 1 aliphatic heterocycles. The summed E-state index contributed by atoms with van der Waals surface area (Å²) >= 11 is 6.08. The van der Waals surface area contributed by atoms with Crippen molar-refractivity contribution in [2.24, 2.45) is 5.73 Å². The maximum atomic E-state index is 11.2. The predicted molar refractivity (Wildman–Crippen MR) is 99.4 cm³/mol. The minimum Gasteiger partial charge on any atom is -0.385 e. The maximum Gasteiger partial charge on any atom is 0.248 e. The van der Waals surface area contributed by atoms with E-state index < -0.39 is 11.5 Å². The van der Waals surface area contributed by atoms with Gasteiger partial charge in [-0.05, 0) is 55.2 Å². The van der Waals surface area contributed by atoms with E-state index >= 15 is 0 Å². The molecule has 2 aromatic rings. The Morgan fingerprint density at radius 1 is 1.32 bits per heavy atom. The number of rotatable bonds is 4. The first-order valence-corrected chi connectivity index (χ1v) is 8.86. The molecule has 0 unspecified atom stereocenters. The normalized spacial score (nSPS) is 24.2. The third kappa shape index (κ3) is 4.03. The standard InChI is InChI=1S/C20H23ClN2O2/c1-14-12-20(25,17-3-2-4-18(21)11-17)9-10-23(14)13-15-5-7-16(8-6-15)19(22)24/h2-8,11,14,25H,9-10,12-13H2,1H3,(H2,22,24)/t14-,20+/m0/s1. The van der Waals surface area contributed by atoms with Crippen LogP contribution in [-0.2, 0) is 12.1 Å². The number of piperidine rings is 1. The van der Waals surface area contributed by atoms with Gasteiger partial charge in [0.2, 0.25) is 5.91 Å². The van der Waals surface area contributed by atoms with E-state index in [9.17, 15) is 9.90 Å². The zero-order valence-corrected chi connectivity index (χ0v) is 15.0. The van der Waals surface area contributed by atoms with E-state index in [0.717, 1.165) is 24.2 Å². The molecule has 5 heteroatoms. The highest BCUT2D eigenvalue weighted by molar-refractivity contribution is 6.30. The fourth-order valence-electron chi connectivity index (χ4n) is 3.55. The summed E-state index contributed by atoms with van der Waals surface area (Å²) in [7, 11) is 0. The summed E-state index contributed by atoms with van der Waals surface area (Å²) < 4.78 is 0. The molecule has 25 heavy (non-hydrogen) atoms. The largest absolute Gasteiger partial charge is 0.385 e. The van der Waals surface area contributed by atoms with Crippen LogP contribution >= 0.6 is 11.6 Å². The van der Waals surface area contributed by atoms with E-state index in [4.69, 9.17) is 17.3 Å². The molecule has 0 aliphatic carbocycles. The average molecular weight is 359 g/mol. The fraction of sp³-hybridized carbons (Fsp3) is 0.350. The molecule has 3 N–H and O–H groups in total. The van der Waals surface area contributed by atoms with Gasteiger partial charge >= 0.3 is 0 Å². The number of hydrogen-bond donors (Lipinski definition) is 2. The van der Waals surface area contributed by atoms with Crippen molar-refractivity contribution in [1.29, 1.82) is 0 Å². The Bertz CT molecular complexity index is 763. The van der Waals surface area contributed by atoms with Gasteiger partial charge in [0.05, 0.1) is 5.60 Å². The van der Waals surface area contributed by atoms with Gasteiger partial charge in [0, 0.05) is 29.7 Å². The van der Waals surface area contributed by atoms with Crippen molar-refractivity contribution in [3.05, 3.63) is 70.2 Å². The van der Waals surface area contributed by atoms with E-state index in [-0.39, 0.29) is 6.04 Å². The molecule has 0 radical (unpaired) electrons. The SMILES string of the molecule is C[C@H]1C[C@@](O)(c2cccc(Cl)c2)CCN1Cc1ccc(C(N)=O)cc1. The van der Waals surface area contributed by atoms with E-state index in [1.807, 2.05) is 36.4 Å². The quantitative estimate of drug-likeness (QED) is 0.881. The summed E-state index contributed by atoms with van der Waals surface area (Å²) in [5.74, 6) is -0.413. The molecule has 0 saturated carbocycles. The lowest BCUT2D eigenvalue weighted by Crippen LogP contribution is -2.47. The molecule has 4 nitrogen and oxygen atoms in total. The van der Waals surface area contributed by atoms with Crippen molar-refractivity contribution >= 4 is 17.5 Å². The van der Waals surface area contributed by atoms with E-state index in [2.05, 4.69) is 11.8 Å². The second-order valence-electron chi connectivity index (χ2n) is 6.88. The Kier molecular flexibility index (Phi) is 5.13. The predicted octanol–water partition coefficient (Wildman–Crippen LogP) is 3.31. The molecule has 1 saturated heterocycles. The van der Waals surface area contributed by atoms with Gasteiger partial charge in [0.25, 0.3) is 0 Å². The molecule has 2 aromatic carbocycles. The summed E-state index contributed by atoms with van der Waals surface area (Å²) in [5, 5.41) is 11.7. The molecule has 132 valence electrons. The van der Waals surface area contributed by atoms with Crippen LogP contribution in [0.1, 0.15) is 41.3 Å². The van der Waals surface area contributed by atoms with Crippen molar-refractivity contribution < 1.29 is 9.90 Å². The first-order chi connectivity index (χ1) is 11.9. The first kappa shape index (κ1) is 17.9. The van der Waals surface area contributed by atoms with E-state index in [1.54, 1.807) is 12.1 Å². The number of aliphatic hydroxyl groups is 1. The zero-order chi connectivity index (χ0) is 18.0. The number of amides is 1. The first-order valence-electron chi connectivity index (χ1n) is 8.49. The zero-order valence-electron chi connectivity index (χ0n) is 14.3. The van der Waals surface area contributed by atoms with Crippen molar-refractivity contribution in [3.63, 3.8) is 0 Å². The van der Waals surface area contributed by atoms with Gasteiger partial charge in [-0.2, -0.15) is 0 Å². The lowest BCUT2D eigenvalue weighted by molar-refractivity contribution is -0.0502. The lowest BCUT2D eigenvalue weighted by atomic mass is 9.81. The Balaban J connectivity index is 1.68. The smallest absolute Gasteiger partial charge is 0.248 e. The highest BCUT2D eigenvalue weighted by Crippen LogP contribution is 2.37. The summed E-state index contributed by atoms with van der Waals surface area (Å²) in [6, 6.07) is 15.1. The average Bonchev–Trinajstić information content (AvgIpc) is 2.58. The maximum absolute atomic E-state index is 11.2. The third-order valence-corrected chi connectivity index (χ3v) is 5.29. The molecule has 1 heterocycles. The number of benzene rings is 2. The fourth-order valence-corrected chi connectivity index (χ4v) is 3.74. The van der Waals surface area contributed by atoms with Crippen LogP contribution in [0.15, 0.2) is 48.5 Å². The highest BCUT2D eigenvalue weighted by atomic mass is 35.5. The van der Waals surface area contributed by atoms with E-state index in [0.29, 0.717) is 23.4 Å². The Morgan fingerprint density at radius 2 is 2.04 bits per heavy atom. The lowest BCUT2D eigenvalue weighted by Gasteiger charge is -2.43. The van der Waals surface area contributed by atoms with Crippen LogP contribution in [-0.4, -0.2) is 28.5 Å². The van der Waals surface area contributed by atoms with Gasteiger partial charge < -0.3 is 10.8 Å². The Hall–Kier alpha value is -1.88. The van der Waals surface area contributed by atoms with Crippen LogP contribution in [0.2, 0.25) is 5.02 Å². The number of nitrogens with zero attached hydrogens (tertiary/aromatic N) is 1. The van der Waals surface area contributed by atoms with Crippen molar-refractivity contribution in [1.82, 2.24) is 4.90 Å². The van der Waals surface area contributed by atoms with Crippen LogP contribution in [0.4, 0.5) is 0 Å².